The van der Waals surface area contributed by atoms with E-state index in [1.165, 1.54) is 0 Å². The molecule has 0 saturated heterocycles. The second-order valence-electron chi connectivity index (χ2n) is 7.46. The molecule has 4 heteroatoms. The number of benzene rings is 2. The third kappa shape index (κ3) is 6.52. The summed E-state index contributed by atoms with van der Waals surface area (Å²) in [5.74, 6) is -0.261. The maximum absolute atomic E-state index is 13.1. The van der Waals surface area contributed by atoms with Crippen molar-refractivity contribution in [1.82, 2.24) is 10.2 Å². The van der Waals surface area contributed by atoms with Crippen molar-refractivity contribution in [3.8, 4) is 0 Å². The molecule has 0 fully saturated rings. The second-order valence-corrected chi connectivity index (χ2v) is 7.46. The quantitative estimate of drug-likeness (QED) is 0.628. The zero-order chi connectivity index (χ0) is 20.4. The first-order chi connectivity index (χ1) is 13.5. The molecule has 0 saturated carbocycles. The van der Waals surface area contributed by atoms with Gasteiger partial charge < -0.3 is 10.2 Å². The second kappa shape index (κ2) is 11.3. The van der Waals surface area contributed by atoms with Crippen molar-refractivity contribution in [3.63, 3.8) is 0 Å². The number of hydrogen-bond donors (Lipinski definition) is 1. The Labute approximate surface area is 169 Å². The summed E-state index contributed by atoms with van der Waals surface area (Å²) in [6, 6.07) is 19.2. The van der Waals surface area contributed by atoms with E-state index in [4.69, 9.17) is 0 Å². The van der Waals surface area contributed by atoms with Crippen LogP contribution in [-0.4, -0.2) is 29.3 Å². The van der Waals surface area contributed by atoms with Crippen molar-refractivity contribution in [3.05, 3.63) is 71.8 Å². The molecule has 0 spiro atoms. The van der Waals surface area contributed by atoms with Gasteiger partial charge in [-0.15, -0.1) is 0 Å². The molecule has 2 aromatic rings. The highest BCUT2D eigenvalue weighted by atomic mass is 16.2. The number of carbonyl (C=O) groups is 2. The van der Waals surface area contributed by atoms with Gasteiger partial charge in [0.25, 0.3) is 0 Å². The maximum atomic E-state index is 13.1. The van der Waals surface area contributed by atoms with Crippen molar-refractivity contribution in [2.75, 3.05) is 6.54 Å². The summed E-state index contributed by atoms with van der Waals surface area (Å²) in [7, 11) is 0. The Morgan fingerprint density at radius 2 is 1.50 bits per heavy atom. The summed E-state index contributed by atoms with van der Waals surface area (Å²) in [5.41, 5.74) is 2.07. The van der Waals surface area contributed by atoms with Gasteiger partial charge >= 0.3 is 0 Å². The van der Waals surface area contributed by atoms with E-state index in [0.29, 0.717) is 19.5 Å². The summed E-state index contributed by atoms with van der Waals surface area (Å²) in [4.78, 5) is 27.9. The van der Waals surface area contributed by atoms with Crippen molar-refractivity contribution in [2.24, 2.45) is 5.92 Å². The molecule has 0 aromatic heterocycles. The van der Waals surface area contributed by atoms with Gasteiger partial charge in [-0.05, 0) is 17.5 Å². The van der Waals surface area contributed by atoms with Crippen LogP contribution >= 0.6 is 0 Å². The van der Waals surface area contributed by atoms with Gasteiger partial charge in [-0.25, -0.2) is 0 Å². The predicted molar refractivity (Wildman–Crippen MR) is 114 cm³/mol. The molecule has 0 aliphatic heterocycles. The van der Waals surface area contributed by atoms with Gasteiger partial charge in [0.15, 0.2) is 0 Å². The average Bonchev–Trinajstić information content (AvgIpc) is 2.71. The van der Waals surface area contributed by atoms with Crippen molar-refractivity contribution < 1.29 is 9.59 Å². The Morgan fingerprint density at radius 3 is 2.04 bits per heavy atom. The van der Waals surface area contributed by atoms with Gasteiger partial charge in [0.1, 0.15) is 6.04 Å². The molecule has 0 bridgehead atoms. The van der Waals surface area contributed by atoms with Crippen LogP contribution in [0.3, 0.4) is 0 Å². The highest BCUT2D eigenvalue weighted by Gasteiger charge is 2.31. The summed E-state index contributed by atoms with van der Waals surface area (Å²) < 4.78 is 0. The fourth-order valence-corrected chi connectivity index (χ4v) is 3.14. The van der Waals surface area contributed by atoms with Crippen LogP contribution in [-0.2, 0) is 22.6 Å². The first-order valence-electron chi connectivity index (χ1n) is 10.2. The lowest BCUT2D eigenvalue weighted by atomic mass is 10.0. The van der Waals surface area contributed by atoms with E-state index < -0.39 is 6.04 Å². The minimum absolute atomic E-state index is 0.00424. The summed E-state index contributed by atoms with van der Waals surface area (Å²) in [6.07, 6.45) is 2.45. The van der Waals surface area contributed by atoms with Crippen LogP contribution < -0.4 is 5.32 Å². The van der Waals surface area contributed by atoms with Crippen LogP contribution in [0.1, 0.15) is 44.7 Å². The van der Waals surface area contributed by atoms with E-state index >= 15 is 0 Å². The van der Waals surface area contributed by atoms with E-state index in [1.54, 1.807) is 4.90 Å². The van der Waals surface area contributed by atoms with E-state index in [1.807, 2.05) is 74.5 Å². The number of unbranched alkanes of at least 4 members (excludes halogenated alkanes) is 1. The number of nitrogens with zero attached hydrogens (tertiary/aromatic N) is 1. The van der Waals surface area contributed by atoms with Crippen LogP contribution in [0.15, 0.2) is 60.7 Å². The van der Waals surface area contributed by atoms with Crippen molar-refractivity contribution in [2.45, 2.75) is 52.6 Å². The normalized spacial score (nSPS) is 11.9. The molecule has 4 nitrogen and oxygen atoms in total. The zero-order valence-corrected chi connectivity index (χ0v) is 17.2. The molecule has 1 atom stereocenters. The van der Waals surface area contributed by atoms with E-state index in [0.717, 1.165) is 24.0 Å². The average molecular weight is 381 g/mol. The van der Waals surface area contributed by atoms with Crippen LogP contribution in [0.2, 0.25) is 0 Å². The standard InChI is InChI=1S/C24H32N2O2/c1-4-5-16-25-23(27)22(17-20-12-8-6-9-13-20)26(24(28)19(2)3)18-21-14-10-7-11-15-21/h6-15,19,22H,4-5,16-18H2,1-3H3,(H,25,27). The molecule has 2 rings (SSSR count). The number of carbonyl (C=O) groups excluding carboxylic acids is 2. The molecule has 2 aromatic carbocycles. The highest BCUT2D eigenvalue weighted by Crippen LogP contribution is 2.17. The number of rotatable bonds is 10. The number of nitrogens with one attached hydrogen (secondary N) is 1. The smallest absolute Gasteiger partial charge is 0.243 e. The zero-order valence-electron chi connectivity index (χ0n) is 17.2. The summed E-state index contributed by atoms with van der Waals surface area (Å²) >= 11 is 0. The molecular weight excluding hydrogens is 348 g/mol. The van der Waals surface area contributed by atoms with Gasteiger partial charge in [-0.1, -0.05) is 87.9 Å². The Balaban J connectivity index is 2.31. The molecule has 0 aliphatic rings. The first kappa shape index (κ1) is 21.7. The maximum Gasteiger partial charge on any atom is 0.243 e. The largest absolute Gasteiger partial charge is 0.354 e. The fourth-order valence-electron chi connectivity index (χ4n) is 3.14. The molecule has 0 aliphatic carbocycles. The minimum atomic E-state index is -0.533. The van der Waals surface area contributed by atoms with Crippen molar-refractivity contribution in [1.29, 1.82) is 0 Å². The Morgan fingerprint density at radius 1 is 0.929 bits per heavy atom. The third-order valence-electron chi connectivity index (χ3n) is 4.75. The van der Waals surface area contributed by atoms with E-state index in [2.05, 4.69) is 12.2 Å². The lowest BCUT2D eigenvalue weighted by Gasteiger charge is -2.32. The highest BCUT2D eigenvalue weighted by molar-refractivity contribution is 5.88. The van der Waals surface area contributed by atoms with E-state index in [9.17, 15) is 9.59 Å². The molecule has 2 amide bonds. The van der Waals surface area contributed by atoms with Crippen LogP contribution in [0.25, 0.3) is 0 Å². The van der Waals surface area contributed by atoms with E-state index in [-0.39, 0.29) is 17.7 Å². The summed E-state index contributed by atoms with van der Waals surface area (Å²) in [5, 5.41) is 3.03. The van der Waals surface area contributed by atoms with Gasteiger partial charge in [0.2, 0.25) is 11.8 Å². The third-order valence-corrected chi connectivity index (χ3v) is 4.75. The molecular formula is C24H32N2O2. The monoisotopic (exact) mass is 380 g/mol. The summed E-state index contributed by atoms with van der Waals surface area (Å²) in [6.45, 7) is 6.92. The van der Waals surface area contributed by atoms with Gasteiger partial charge in [-0.2, -0.15) is 0 Å². The first-order valence-corrected chi connectivity index (χ1v) is 10.2. The van der Waals surface area contributed by atoms with Gasteiger partial charge in [0, 0.05) is 25.4 Å². The topological polar surface area (TPSA) is 49.4 Å². The molecule has 1 N–H and O–H groups in total. The lowest BCUT2D eigenvalue weighted by molar-refractivity contribution is -0.143. The molecule has 150 valence electrons. The predicted octanol–water partition coefficient (Wildman–Crippen LogP) is 4.20. The van der Waals surface area contributed by atoms with Crippen LogP contribution in [0.4, 0.5) is 0 Å². The van der Waals surface area contributed by atoms with Crippen LogP contribution in [0.5, 0.6) is 0 Å². The van der Waals surface area contributed by atoms with Gasteiger partial charge in [-0.3, -0.25) is 9.59 Å². The Hall–Kier alpha value is -2.62. The minimum Gasteiger partial charge on any atom is -0.354 e. The number of hydrogen-bond acceptors (Lipinski definition) is 2. The SMILES string of the molecule is CCCCNC(=O)C(Cc1ccccc1)N(Cc1ccccc1)C(=O)C(C)C. The molecule has 1 unspecified atom stereocenters. The Bertz CT molecular complexity index is 729. The van der Waals surface area contributed by atoms with Crippen molar-refractivity contribution >= 4 is 11.8 Å². The molecule has 0 heterocycles. The lowest BCUT2D eigenvalue weighted by Crippen LogP contribution is -2.51. The van der Waals surface area contributed by atoms with Gasteiger partial charge in [0.05, 0.1) is 0 Å². The molecule has 28 heavy (non-hydrogen) atoms. The number of amides is 2. The Kier molecular flexibility index (Phi) is 8.73. The molecule has 0 radical (unpaired) electrons. The fraction of sp³-hybridized carbons (Fsp3) is 0.417. The van der Waals surface area contributed by atoms with Crippen LogP contribution in [0, 0.1) is 5.92 Å².